The maximum absolute atomic E-state index is 12.6. The SMILES string of the molecule is CC/C=C\C/C=C\C/C=C\C/C=C\C/C=C\CCCCCCCCCCOCC(COP(=O)(O)OCC(O)CO)OC(=O)CCCCCCCCCCCCCC. The molecule has 0 aromatic heterocycles. The molecular weight excluding hydrogens is 739 g/mol. The number of carbonyl (C=O) groups excluding carboxylic acids is 1. The lowest BCUT2D eigenvalue weighted by atomic mass is 10.0. The van der Waals surface area contributed by atoms with Crippen LogP contribution in [0.4, 0.5) is 0 Å². The summed E-state index contributed by atoms with van der Waals surface area (Å²) >= 11 is 0. The van der Waals surface area contributed by atoms with Crippen molar-refractivity contribution >= 4 is 13.8 Å². The third kappa shape index (κ3) is 43.6. The number of phosphoric acid groups is 1. The number of hydrogen-bond donors (Lipinski definition) is 3. The molecule has 0 amide bonds. The summed E-state index contributed by atoms with van der Waals surface area (Å²) in [6.45, 7) is 3.38. The van der Waals surface area contributed by atoms with Crippen molar-refractivity contribution in [3.8, 4) is 0 Å². The number of aliphatic hydroxyl groups excluding tert-OH is 2. The van der Waals surface area contributed by atoms with Crippen LogP contribution < -0.4 is 0 Å². The van der Waals surface area contributed by atoms with E-state index in [1.54, 1.807) is 0 Å². The van der Waals surface area contributed by atoms with Crippen LogP contribution >= 0.6 is 7.82 Å². The molecule has 3 atom stereocenters. The van der Waals surface area contributed by atoms with Crippen LogP contribution in [0.25, 0.3) is 0 Å². The van der Waals surface area contributed by atoms with Gasteiger partial charge in [-0.05, 0) is 57.8 Å². The number of unbranched alkanes of at least 4 members (excludes halogenated alkanes) is 19. The Labute approximate surface area is 349 Å². The van der Waals surface area contributed by atoms with Crippen molar-refractivity contribution in [1.29, 1.82) is 0 Å². The van der Waals surface area contributed by atoms with Crippen molar-refractivity contribution in [2.45, 2.75) is 199 Å². The molecule has 57 heavy (non-hydrogen) atoms. The molecule has 332 valence electrons. The average Bonchev–Trinajstić information content (AvgIpc) is 3.20. The van der Waals surface area contributed by atoms with E-state index in [-0.39, 0.29) is 25.6 Å². The van der Waals surface area contributed by atoms with Crippen LogP contribution in [0, 0.1) is 0 Å². The van der Waals surface area contributed by atoms with E-state index in [4.69, 9.17) is 23.6 Å². The lowest BCUT2D eigenvalue weighted by molar-refractivity contribution is -0.154. The fourth-order valence-corrected chi connectivity index (χ4v) is 6.82. The van der Waals surface area contributed by atoms with Crippen molar-refractivity contribution in [3.05, 3.63) is 60.8 Å². The topological polar surface area (TPSA) is 132 Å². The monoisotopic (exact) mass is 825 g/mol. The highest BCUT2D eigenvalue weighted by atomic mass is 31.2. The second-order valence-corrected chi connectivity index (χ2v) is 16.5. The van der Waals surface area contributed by atoms with Crippen LogP contribution in [0.2, 0.25) is 0 Å². The Kier molecular flexibility index (Phi) is 42.3. The Morgan fingerprint density at radius 2 is 1.00 bits per heavy atom. The van der Waals surface area contributed by atoms with Gasteiger partial charge in [0.05, 0.1) is 26.4 Å². The first-order valence-electron chi connectivity index (χ1n) is 22.8. The fraction of sp³-hybridized carbons (Fsp3) is 0.766. The summed E-state index contributed by atoms with van der Waals surface area (Å²) in [4.78, 5) is 22.6. The number of aliphatic hydroxyl groups is 2. The first-order valence-corrected chi connectivity index (χ1v) is 24.3. The molecule has 0 aliphatic carbocycles. The van der Waals surface area contributed by atoms with Crippen LogP contribution in [-0.2, 0) is 27.9 Å². The zero-order chi connectivity index (χ0) is 41.8. The van der Waals surface area contributed by atoms with Crippen molar-refractivity contribution < 1.29 is 43.0 Å². The zero-order valence-corrected chi connectivity index (χ0v) is 37.2. The highest BCUT2D eigenvalue weighted by molar-refractivity contribution is 7.47. The number of hydrogen-bond acceptors (Lipinski definition) is 8. The summed E-state index contributed by atoms with van der Waals surface area (Å²) in [5.41, 5.74) is 0. The Bertz CT molecular complexity index is 1070. The molecule has 0 aliphatic rings. The van der Waals surface area contributed by atoms with Crippen LogP contribution in [0.5, 0.6) is 0 Å². The van der Waals surface area contributed by atoms with Crippen molar-refractivity contribution in [3.63, 3.8) is 0 Å². The van der Waals surface area contributed by atoms with E-state index < -0.39 is 33.2 Å². The van der Waals surface area contributed by atoms with Gasteiger partial charge in [0.1, 0.15) is 12.2 Å². The second kappa shape index (κ2) is 43.7. The van der Waals surface area contributed by atoms with E-state index in [1.165, 1.54) is 89.9 Å². The van der Waals surface area contributed by atoms with Crippen LogP contribution in [0.1, 0.15) is 187 Å². The largest absolute Gasteiger partial charge is 0.472 e. The Hall–Kier alpha value is -1.84. The molecule has 0 saturated heterocycles. The van der Waals surface area contributed by atoms with Gasteiger partial charge in [-0.3, -0.25) is 13.8 Å². The molecule has 0 saturated carbocycles. The van der Waals surface area contributed by atoms with E-state index in [9.17, 15) is 19.4 Å². The Morgan fingerprint density at radius 1 is 0.561 bits per heavy atom. The van der Waals surface area contributed by atoms with Crippen molar-refractivity contribution in [2.24, 2.45) is 0 Å². The van der Waals surface area contributed by atoms with Gasteiger partial charge in [0.15, 0.2) is 0 Å². The Morgan fingerprint density at radius 3 is 1.51 bits per heavy atom. The molecule has 0 rings (SSSR count). The minimum absolute atomic E-state index is 0.0430. The number of rotatable bonds is 43. The van der Waals surface area contributed by atoms with Crippen LogP contribution in [0.3, 0.4) is 0 Å². The number of ether oxygens (including phenoxy) is 2. The molecular formula is C47H85O9P. The number of phosphoric ester groups is 1. The average molecular weight is 825 g/mol. The van der Waals surface area contributed by atoms with E-state index in [0.29, 0.717) is 6.61 Å². The fourth-order valence-electron chi connectivity index (χ4n) is 6.03. The Balaban J connectivity index is 4.10. The molecule has 0 aromatic carbocycles. The number of carbonyl (C=O) groups is 1. The molecule has 3 N–H and O–H groups in total. The predicted octanol–water partition coefficient (Wildman–Crippen LogP) is 12.8. The molecule has 3 unspecified atom stereocenters. The quantitative estimate of drug-likeness (QED) is 0.0238. The standard InChI is InChI=1S/C47H85O9P/c1-3-5-7-9-11-13-15-17-18-19-20-21-22-23-24-25-26-27-28-30-32-34-36-38-40-53-43-46(44-55-57(51,52)54-42-45(49)41-48)56-47(50)39-37-35-33-31-29-16-14-12-10-8-6-4-2/h5,7,11,13,17-18,20-21,23-24,45-46,48-49H,3-4,6,8-10,12,14-16,19,22,25-44H2,1-2H3,(H,51,52)/b7-5-,13-11-,18-17-,21-20-,24-23-. The van der Waals surface area contributed by atoms with Gasteiger partial charge in [-0.15, -0.1) is 0 Å². The molecule has 0 aliphatic heterocycles. The van der Waals surface area contributed by atoms with Crippen molar-refractivity contribution in [2.75, 3.05) is 33.0 Å². The van der Waals surface area contributed by atoms with E-state index in [1.807, 2.05) is 0 Å². The number of esters is 1. The van der Waals surface area contributed by atoms with Crippen LogP contribution in [-0.4, -0.2) is 66.3 Å². The maximum atomic E-state index is 12.6. The predicted molar refractivity (Wildman–Crippen MR) is 237 cm³/mol. The second-order valence-electron chi connectivity index (χ2n) is 15.0. The van der Waals surface area contributed by atoms with E-state index in [0.717, 1.165) is 77.0 Å². The number of allylic oxidation sites excluding steroid dienone is 10. The zero-order valence-electron chi connectivity index (χ0n) is 36.3. The first-order chi connectivity index (χ1) is 27.8. The summed E-state index contributed by atoms with van der Waals surface area (Å²) in [6.07, 6.45) is 50.4. The van der Waals surface area contributed by atoms with Gasteiger partial charge in [-0.25, -0.2) is 4.57 Å². The van der Waals surface area contributed by atoms with Gasteiger partial charge < -0.3 is 24.6 Å². The molecule has 0 radical (unpaired) electrons. The summed E-state index contributed by atoms with van der Waals surface area (Å²) in [5.74, 6) is -0.387. The molecule has 0 bridgehead atoms. The summed E-state index contributed by atoms with van der Waals surface area (Å²) < 4.78 is 33.4. The smallest absolute Gasteiger partial charge is 0.457 e. The summed E-state index contributed by atoms with van der Waals surface area (Å²) in [6, 6.07) is 0. The first kappa shape index (κ1) is 55.2. The van der Waals surface area contributed by atoms with Gasteiger partial charge in [-0.2, -0.15) is 0 Å². The normalized spacial score (nSPS) is 14.5. The minimum Gasteiger partial charge on any atom is -0.457 e. The third-order valence-corrected chi connectivity index (χ3v) is 10.4. The summed E-state index contributed by atoms with van der Waals surface area (Å²) in [7, 11) is -4.52. The maximum Gasteiger partial charge on any atom is 0.472 e. The van der Waals surface area contributed by atoms with Gasteiger partial charge >= 0.3 is 13.8 Å². The van der Waals surface area contributed by atoms with Gasteiger partial charge in [-0.1, -0.05) is 184 Å². The minimum atomic E-state index is -4.52. The third-order valence-electron chi connectivity index (χ3n) is 9.47. The molecule has 10 heteroatoms. The highest BCUT2D eigenvalue weighted by Gasteiger charge is 2.26. The van der Waals surface area contributed by atoms with E-state index >= 15 is 0 Å². The van der Waals surface area contributed by atoms with Gasteiger partial charge in [0, 0.05) is 13.0 Å². The molecule has 0 spiro atoms. The van der Waals surface area contributed by atoms with Crippen LogP contribution in [0.15, 0.2) is 60.8 Å². The highest BCUT2D eigenvalue weighted by Crippen LogP contribution is 2.43. The summed E-state index contributed by atoms with van der Waals surface area (Å²) in [5, 5.41) is 18.3. The lowest BCUT2D eigenvalue weighted by Crippen LogP contribution is -2.29. The van der Waals surface area contributed by atoms with E-state index in [2.05, 4.69) is 74.6 Å². The molecule has 0 fully saturated rings. The molecule has 0 heterocycles. The van der Waals surface area contributed by atoms with Gasteiger partial charge in [0.25, 0.3) is 0 Å². The molecule has 0 aromatic rings. The van der Waals surface area contributed by atoms with Crippen molar-refractivity contribution in [1.82, 2.24) is 0 Å². The molecule has 9 nitrogen and oxygen atoms in total. The lowest BCUT2D eigenvalue weighted by Gasteiger charge is -2.20. The van der Waals surface area contributed by atoms with Gasteiger partial charge in [0.2, 0.25) is 0 Å².